The lowest BCUT2D eigenvalue weighted by atomic mass is 9.80. The molecule has 3 aromatic carbocycles. The van der Waals surface area contributed by atoms with Gasteiger partial charge < -0.3 is 19.8 Å². The fourth-order valence-corrected chi connectivity index (χ4v) is 5.25. The van der Waals surface area contributed by atoms with Gasteiger partial charge in [-0.15, -0.1) is 0 Å². The van der Waals surface area contributed by atoms with Crippen molar-refractivity contribution in [3.63, 3.8) is 0 Å². The summed E-state index contributed by atoms with van der Waals surface area (Å²) in [6.07, 6.45) is 6.73. The molecule has 0 saturated heterocycles. The second-order valence-electron chi connectivity index (χ2n) is 9.70. The molecule has 5 heteroatoms. The number of nitrogens with one attached hydrogen (secondary N) is 1. The maximum absolute atomic E-state index is 10.1. The Morgan fingerprint density at radius 2 is 1.47 bits per heavy atom. The smallest absolute Gasteiger partial charge is 0.491 e. The molecule has 5 rings (SSSR count). The molecule has 1 aliphatic carbocycles. The highest BCUT2D eigenvalue weighted by Gasteiger charge is 2.23. The molecule has 34 heavy (non-hydrogen) atoms. The maximum Gasteiger partial charge on any atom is 0.506 e. The third kappa shape index (κ3) is 4.63. The van der Waals surface area contributed by atoms with E-state index in [0.29, 0.717) is 11.5 Å². The Labute approximate surface area is 201 Å². The first-order valence-electron chi connectivity index (χ1n) is 12.4. The second kappa shape index (κ2) is 9.69. The van der Waals surface area contributed by atoms with Crippen LogP contribution in [0.15, 0.2) is 66.7 Å². The van der Waals surface area contributed by atoms with Crippen molar-refractivity contribution in [2.24, 2.45) is 0 Å². The predicted molar refractivity (Wildman–Crippen MR) is 141 cm³/mol. The number of rotatable bonds is 6. The number of hydrogen-bond donors (Lipinski definition) is 3. The van der Waals surface area contributed by atoms with Crippen LogP contribution in [-0.4, -0.2) is 28.3 Å². The van der Waals surface area contributed by atoms with E-state index in [2.05, 4.69) is 41.4 Å². The molecule has 4 aromatic rings. The third-order valence-corrected chi connectivity index (χ3v) is 6.92. The summed E-state index contributed by atoms with van der Waals surface area (Å²) >= 11 is 0. The molecule has 1 saturated carbocycles. The van der Waals surface area contributed by atoms with Crippen molar-refractivity contribution in [1.82, 2.24) is 4.98 Å². The summed E-state index contributed by atoms with van der Waals surface area (Å²) in [4.78, 5) is 3.21. The number of aromatic nitrogens is 1. The molecule has 0 spiro atoms. The summed E-state index contributed by atoms with van der Waals surface area (Å²) in [5.41, 5.74) is 6.72. The fourth-order valence-electron chi connectivity index (χ4n) is 5.25. The molecule has 0 atom stereocenters. The van der Waals surface area contributed by atoms with E-state index < -0.39 is 7.12 Å². The van der Waals surface area contributed by atoms with Gasteiger partial charge in [-0.05, 0) is 79.1 Å². The van der Waals surface area contributed by atoms with Crippen LogP contribution in [0.1, 0.15) is 57.4 Å². The lowest BCUT2D eigenvalue weighted by molar-refractivity contribution is 0.242. The summed E-state index contributed by atoms with van der Waals surface area (Å²) in [5.74, 6) is 1.49. The minimum Gasteiger partial charge on any atom is -0.491 e. The van der Waals surface area contributed by atoms with Crippen LogP contribution < -0.4 is 10.3 Å². The number of aromatic amines is 1. The monoisotopic (exact) mass is 453 g/mol. The Bertz CT molecular complexity index is 1250. The highest BCUT2D eigenvalue weighted by molar-refractivity contribution is 6.60. The number of hydrogen-bond acceptors (Lipinski definition) is 3. The first-order valence-corrected chi connectivity index (χ1v) is 12.4. The van der Waals surface area contributed by atoms with Crippen molar-refractivity contribution < 1.29 is 14.8 Å². The van der Waals surface area contributed by atoms with Gasteiger partial charge in [0.1, 0.15) is 5.75 Å². The van der Waals surface area contributed by atoms with Gasteiger partial charge in [0.25, 0.3) is 0 Å². The number of ether oxygens (including phenoxy) is 1. The van der Waals surface area contributed by atoms with Crippen molar-refractivity contribution in [3.8, 4) is 28.0 Å². The Morgan fingerprint density at radius 1 is 0.824 bits per heavy atom. The van der Waals surface area contributed by atoms with Gasteiger partial charge >= 0.3 is 7.12 Å². The van der Waals surface area contributed by atoms with Gasteiger partial charge in [-0.3, -0.25) is 0 Å². The topological polar surface area (TPSA) is 65.5 Å². The number of fused-ring (bicyclic) bond motifs is 1. The molecule has 1 aliphatic rings. The standard InChI is InChI=1S/C29H32BNO3/c1-19(2)34-25-15-12-23(13-16-25)28-26-18-24(14-17-27(26)31-29(28)30(32)33)22-10-8-21(9-11-22)20-6-4-3-5-7-20/h8-20,31-33H,3-7H2,1-2H3. The van der Waals surface area contributed by atoms with Gasteiger partial charge in [-0.2, -0.15) is 0 Å². The van der Waals surface area contributed by atoms with Crippen molar-refractivity contribution in [2.75, 3.05) is 0 Å². The summed E-state index contributed by atoms with van der Waals surface area (Å²) < 4.78 is 5.78. The Morgan fingerprint density at radius 3 is 2.12 bits per heavy atom. The fraction of sp³-hybridized carbons (Fsp3) is 0.310. The van der Waals surface area contributed by atoms with Crippen LogP contribution in [0.25, 0.3) is 33.2 Å². The number of H-pyrrole nitrogens is 1. The molecule has 0 aliphatic heterocycles. The molecule has 1 fully saturated rings. The Kier molecular flexibility index (Phi) is 6.49. The molecule has 1 heterocycles. The van der Waals surface area contributed by atoms with Crippen molar-refractivity contribution >= 4 is 23.6 Å². The van der Waals surface area contributed by atoms with Crippen LogP contribution in [0.3, 0.4) is 0 Å². The Hall–Kier alpha value is -3.02. The van der Waals surface area contributed by atoms with Gasteiger partial charge in [0.15, 0.2) is 0 Å². The minimum atomic E-state index is -1.59. The molecule has 0 amide bonds. The largest absolute Gasteiger partial charge is 0.506 e. The molecule has 0 bridgehead atoms. The molecular weight excluding hydrogens is 421 g/mol. The zero-order chi connectivity index (χ0) is 23.7. The first kappa shape index (κ1) is 22.8. The maximum atomic E-state index is 10.1. The SMILES string of the molecule is CC(C)Oc1ccc(-c2c(B(O)O)[nH]c3ccc(-c4ccc(C5CCCCC5)cc4)cc23)cc1. The molecule has 3 N–H and O–H groups in total. The third-order valence-electron chi connectivity index (χ3n) is 6.92. The van der Waals surface area contributed by atoms with Crippen molar-refractivity contribution in [3.05, 3.63) is 72.3 Å². The minimum absolute atomic E-state index is 0.0980. The summed E-state index contributed by atoms with van der Waals surface area (Å²) in [6.45, 7) is 3.99. The van der Waals surface area contributed by atoms with Crippen LogP contribution in [0.2, 0.25) is 0 Å². The Balaban J connectivity index is 1.52. The van der Waals surface area contributed by atoms with Crippen LogP contribution in [0.4, 0.5) is 0 Å². The summed E-state index contributed by atoms with van der Waals surface area (Å²) in [6, 6.07) is 23.0. The van der Waals surface area contributed by atoms with Gasteiger partial charge in [0, 0.05) is 16.5 Å². The normalized spacial score (nSPS) is 14.6. The van der Waals surface area contributed by atoms with E-state index in [1.54, 1.807) is 0 Å². The lowest BCUT2D eigenvalue weighted by Crippen LogP contribution is -2.32. The van der Waals surface area contributed by atoms with E-state index >= 15 is 0 Å². The molecule has 1 aromatic heterocycles. The molecular formula is C29H32BNO3. The van der Waals surface area contributed by atoms with Gasteiger partial charge in [-0.1, -0.05) is 61.7 Å². The highest BCUT2D eigenvalue weighted by atomic mass is 16.5. The van der Waals surface area contributed by atoms with Crippen LogP contribution in [-0.2, 0) is 0 Å². The van der Waals surface area contributed by atoms with Crippen molar-refractivity contribution in [1.29, 1.82) is 0 Å². The van der Waals surface area contributed by atoms with E-state index in [-0.39, 0.29) is 6.10 Å². The molecule has 4 nitrogen and oxygen atoms in total. The highest BCUT2D eigenvalue weighted by Crippen LogP contribution is 2.35. The lowest BCUT2D eigenvalue weighted by Gasteiger charge is -2.22. The first-order chi connectivity index (χ1) is 16.5. The molecule has 0 radical (unpaired) electrons. The van der Waals surface area contributed by atoms with E-state index in [9.17, 15) is 10.0 Å². The summed E-state index contributed by atoms with van der Waals surface area (Å²) in [5, 5.41) is 21.1. The zero-order valence-corrected chi connectivity index (χ0v) is 19.9. The quantitative estimate of drug-likeness (QED) is 0.313. The van der Waals surface area contributed by atoms with E-state index in [1.165, 1.54) is 43.2 Å². The molecule has 174 valence electrons. The van der Waals surface area contributed by atoms with Crippen LogP contribution in [0, 0.1) is 0 Å². The molecule has 0 unspecified atom stereocenters. The van der Waals surface area contributed by atoms with Crippen LogP contribution >= 0.6 is 0 Å². The van der Waals surface area contributed by atoms with Gasteiger partial charge in [-0.25, -0.2) is 0 Å². The second-order valence-corrected chi connectivity index (χ2v) is 9.70. The van der Waals surface area contributed by atoms with Crippen molar-refractivity contribution in [2.45, 2.75) is 58.0 Å². The van der Waals surface area contributed by atoms with Gasteiger partial charge in [0.05, 0.1) is 11.7 Å². The zero-order valence-electron chi connectivity index (χ0n) is 19.9. The van der Waals surface area contributed by atoms with E-state index in [0.717, 1.165) is 33.3 Å². The average Bonchev–Trinajstić information content (AvgIpc) is 3.24. The average molecular weight is 453 g/mol. The van der Waals surface area contributed by atoms with E-state index in [1.807, 2.05) is 44.2 Å². The van der Waals surface area contributed by atoms with E-state index in [4.69, 9.17) is 4.74 Å². The number of benzene rings is 3. The summed E-state index contributed by atoms with van der Waals surface area (Å²) in [7, 11) is -1.59. The predicted octanol–water partition coefficient (Wildman–Crippen LogP) is 6.02. The van der Waals surface area contributed by atoms with Gasteiger partial charge in [0.2, 0.25) is 0 Å². The van der Waals surface area contributed by atoms with Crippen LogP contribution in [0.5, 0.6) is 5.75 Å².